The Morgan fingerprint density at radius 2 is 2.10 bits per heavy atom. The minimum absolute atomic E-state index is 0.734. The van der Waals surface area contributed by atoms with Crippen LogP contribution >= 0.6 is 27.5 Å². The normalized spacial score (nSPS) is 14.0. The molecule has 2 aromatic carbocycles. The molecule has 1 aliphatic rings. The maximum absolute atomic E-state index is 6.01. The van der Waals surface area contributed by atoms with Gasteiger partial charge < -0.3 is 10.2 Å². The lowest BCUT2D eigenvalue weighted by Gasteiger charge is -2.27. The van der Waals surface area contributed by atoms with Crippen LogP contribution in [-0.2, 0) is 13.0 Å². The van der Waals surface area contributed by atoms with Crippen LogP contribution in [0.5, 0.6) is 0 Å². The molecule has 4 heteroatoms. The number of benzene rings is 2. The summed E-state index contributed by atoms with van der Waals surface area (Å²) in [4.78, 5) is 2.34. The Morgan fingerprint density at radius 3 is 2.90 bits per heavy atom. The number of nitrogens with one attached hydrogen (secondary N) is 1. The van der Waals surface area contributed by atoms with Crippen molar-refractivity contribution in [3.8, 4) is 0 Å². The van der Waals surface area contributed by atoms with Crippen LogP contribution in [0.3, 0.4) is 0 Å². The van der Waals surface area contributed by atoms with Crippen molar-refractivity contribution in [2.24, 2.45) is 0 Å². The zero-order valence-corrected chi connectivity index (χ0v) is 14.3. The van der Waals surface area contributed by atoms with Crippen molar-refractivity contribution < 1.29 is 0 Å². The lowest BCUT2D eigenvalue weighted by molar-refractivity contribution is 0.743. The molecule has 0 amide bonds. The molecule has 21 heavy (non-hydrogen) atoms. The molecule has 0 spiro atoms. The van der Waals surface area contributed by atoms with Gasteiger partial charge in [0.15, 0.2) is 0 Å². The number of aryl methyl sites for hydroxylation is 1. The Morgan fingerprint density at radius 1 is 1.24 bits per heavy atom. The zero-order chi connectivity index (χ0) is 14.8. The van der Waals surface area contributed by atoms with E-state index in [0.29, 0.717) is 0 Å². The Balaban J connectivity index is 1.72. The number of halogens is 2. The van der Waals surface area contributed by atoms with E-state index in [1.807, 2.05) is 18.2 Å². The van der Waals surface area contributed by atoms with Gasteiger partial charge >= 0.3 is 0 Å². The highest BCUT2D eigenvalue weighted by molar-refractivity contribution is 9.10. The topological polar surface area (TPSA) is 15.3 Å². The average Bonchev–Trinajstić information content (AvgIpc) is 2.49. The van der Waals surface area contributed by atoms with Gasteiger partial charge in [-0.15, -0.1) is 0 Å². The molecule has 0 saturated heterocycles. The number of rotatable bonds is 3. The van der Waals surface area contributed by atoms with Crippen molar-refractivity contribution in [3.63, 3.8) is 0 Å². The standard InChI is InChI=1S/C17H18BrClN2/c1-21-8-2-3-13-9-12(4-7-17(13)21)11-20-14-5-6-16(19)15(18)10-14/h4-7,9-10,20H,2-3,8,11H2,1H3. The maximum Gasteiger partial charge on any atom is 0.0549 e. The molecule has 1 heterocycles. The number of hydrogen-bond acceptors (Lipinski definition) is 2. The van der Waals surface area contributed by atoms with Crippen LogP contribution in [0.25, 0.3) is 0 Å². The van der Waals surface area contributed by atoms with Crippen LogP contribution in [0.2, 0.25) is 5.02 Å². The summed E-state index contributed by atoms with van der Waals surface area (Å²) in [6.07, 6.45) is 2.42. The molecule has 1 aliphatic heterocycles. The molecule has 0 aromatic heterocycles. The van der Waals surface area contributed by atoms with E-state index in [-0.39, 0.29) is 0 Å². The summed E-state index contributed by atoms with van der Waals surface area (Å²) in [6.45, 7) is 1.98. The molecule has 0 atom stereocenters. The maximum atomic E-state index is 6.01. The SMILES string of the molecule is CN1CCCc2cc(CNc3ccc(Cl)c(Br)c3)ccc21. The lowest BCUT2D eigenvalue weighted by Crippen LogP contribution is -2.24. The summed E-state index contributed by atoms with van der Waals surface area (Å²) in [5.41, 5.74) is 5.22. The first-order valence-corrected chi connectivity index (χ1v) is 8.32. The molecule has 2 aromatic rings. The van der Waals surface area contributed by atoms with Gasteiger partial charge in [0.25, 0.3) is 0 Å². The minimum atomic E-state index is 0.734. The highest BCUT2D eigenvalue weighted by Crippen LogP contribution is 2.28. The largest absolute Gasteiger partial charge is 0.381 e. The van der Waals surface area contributed by atoms with Gasteiger partial charge in [-0.2, -0.15) is 0 Å². The summed E-state index contributed by atoms with van der Waals surface area (Å²) in [5, 5.41) is 4.18. The Kier molecular flexibility index (Phi) is 4.41. The van der Waals surface area contributed by atoms with Gasteiger partial charge in [0.2, 0.25) is 0 Å². The lowest BCUT2D eigenvalue weighted by atomic mass is 9.99. The van der Waals surface area contributed by atoms with Gasteiger partial charge in [0.05, 0.1) is 5.02 Å². The van der Waals surface area contributed by atoms with Crippen LogP contribution in [-0.4, -0.2) is 13.6 Å². The summed E-state index contributed by atoms with van der Waals surface area (Å²) in [6, 6.07) is 12.7. The molecule has 0 bridgehead atoms. The van der Waals surface area contributed by atoms with Gasteiger partial charge in [-0.25, -0.2) is 0 Å². The summed E-state index contributed by atoms with van der Waals surface area (Å²) >= 11 is 9.46. The third-order valence-electron chi connectivity index (χ3n) is 3.91. The van der Waals surface area contributed by atoms with E-state index in [1.165, 1.54) is 29.7 Å². The first kappa shape index (κ1) is 14.7. The van der Waals surface area contributed by atoms with Gasteiger partial charge in [-0.3, -0.25) is 0 Å². The number of nitrogens with zero attached hydrogens (tertiary/aromatic N) is 1. The fourth-order valence-electron chi connectivity index (χ4n) is 2.76. The van der Waals surface area contributed by atoms with Crippen LogP contribution < -0.4 is 10.2 Å². The number of hydrogen-bond donors (Lipinski definition) is 1. The zero-order valence-electron chi connectivity index (χ0n) is 12.0. The van der Waals surface area contributed by atoms with E-state index >= 15 is 0 Å². The van der Waals surface area contributed by atoms with Crippen LogP contribution in [0.15, 0.2) is 40.9 Å². The summed E-state index contributed by atoms with van der Waals surface area (Å²) in [7, 11) is 2.17. The van der Waals surface area contributed by atoms with E-state index in [2.05, 4.69) is 51.4 Å². The average molecular weight is 366 g/mol. The molecule has 2 nitrogen and oxygen atoms in total. The number of fused-ring (bicyclic) bond motifs is 1. The monoisotopic (exact) mass is 364 g/mol. The van der Waals surface area contributed by atoms with Gasteiger partial charge in [-0.05, 0) is 64.2 Å². The summed E-state index contributed by atoms with van der Waals surface area (Å²) < 4.78 is 0.918. The fourth-order valence-corrected chi connectivity index (χ4v) is 3.26. The second-order valence-electron chi connectivity index (χ2n) is 5.47. The van der Waals surface area contributed by atoms with Crippen LogP contribution in [0.4, 0.5) is 11.4 Å². The van der Waals surface area contributed by atoms with Gasteiger partial charge in [0, 0.05) is 36.0 Å². The number of anilines is 2. The second kappa shape index (κ2) is 6.29. The van der Waals surface area contributed by atoms with E-state index in [9.17, 15) is 0 Å². The smallest absolute Gasteiger partial charge is 0.0549 e. The quantitative estimate of drug-likeness (QED) is 0.814. The van der Waals surface area contributed by atoms with E-state index in [1.54, 1.807) is 0 Å². The van der Waals surface area contributed by atoms with Crippen molar-refractivity contribution in [3.05, 3.63) is 57.0 Å². The van der Waals surface area contributed by atoms with Crippen molar-refractivity contribution in [2.45, 2.75) is 19.4 Å². The third kappa shape index (κ3) is 3.35. The van der Waals surface area contributed by atoms with Crippen molar-refractivity contribution in [1.82, 2.24) is 0 Å². The molecule has 0 aliphatic carbocycles. The molecule has 1 N–H and O–H groups in total. The molecular weight excluding hydrogens is 348 g/mol. The van der Waals surface area contributed by atoms with E-state index in [0.717, 1.165) is 28.3 Å². The van der Waals surface area contributed by atoms with Gasteiger partial charge in [-0.1, -0.05) is 23.7 Å². The predicted octanol–water partition coefficient (Wildman–Crippen LogP) is 5.10. The van der Waals surface area contributed by atoms with Gasteiger partial charge in [0.1, 0.15) is 0 Å². The van der Waals surface area contributed by atoms with Crippen LogP contribution in [0, 0.1) is 0 Å². The first-order valence-electron chi connectivity index (χ1n) is 7.15. The molecule has 110 valence electrons. The Hall–Kier alpha value is -1.19. The molecular formula is C17H18BrClN2. The highest BCUT2D eigenvalue weighted by atomic mass is 79.9. The third-order valence-corrected chi connectivity index (χ3v) is 5.12. The Labute approximate surface area is 139 Å². The molecule has 0 fully saturated rings. The first-order chi connectivity index (χ1) is 10.1. The summed E-state index contributed by atoms with van der Waals surface area (Å²) in [5.74, 6) is 0. The van der Waals surface area contributed by atoms with Crippen molar-refractivity contribution >= 4 is 38.9 Å². The van der Waals surface area contributed by atoms with E-state index in [4.69, 9.17) is 11.6 Å². The predicted molar refractivity (Wildman–Crippen MR) is 94.5 cm³/mol. The molecule has 0 unspecified atom stereocenters. The van der Waals surface area contributed by atoms with Crippen molar-refractivity contribution in [1.29, 1.82) is 0 Å². The Bertz CT molecular complexity index is 657. The van der Waals surface area contributed by atoms with Crippen molar-refractivity contribution in [2.75, 3.05) is 23.8 Å². The van der Waals surface area contributed by atoms with Crippen LogP contribution in [0.1, 0.15) is 17.5 Å². The van der Waals surface area contributed by atoms with E-state index < -0.39 is 0 Å². The second-order valence-corrected chi connectivity index (χ2v) is 6.73. The molecule has 3 rings (SSSR count). The highest BCUT2D eigenvalue weighted by Gasteiger charge is 2.13. The molecule has 0 saturated carbocycles. The molecule has 0 radical (unpaired) electrons. The fraction of sp³-hybridized carbons (Fsp3) is 0.294. The minimum Gasteiger partial charge on any atom is -0.381 e.